The minimum absolute atomic E-state index is 0.0772. The molecule has 0 spiro atoms. The first kappa shape index (κ1) is 18.8. The van der Waals surface area contributed by atoms with Crippen molar-refractivity contribution in [1.29, 1.82) is 0 Å². The van der Waals surface area contributed by atoms with Crippen molar-refractivity contribution in [2.75, 3.05) is 0 Å². The molecule has 0 aliphatic rings. The molecular formula is C19H20N4O3S. The second-order valence-electron chi connectivity index (χ2n) is 6.45. The molecule has 0 unspecified atom stereocenters. The average molecular weight is 384 g/mol. The number of aryl methyl sites for hydroxylation is 4. The Bertz CT molecular complexity index is 1100. The summed E-state index contributed by atoms with van der Waals surface area (Å²) in [5, 5.41) is 14.3. The second kappa shape index (κ2) is 7.32. The van der Waals surface area contributed by atoms with Gasteiger partial charge in [0.05, 0.1) is 18.0 Å². The van der Waals surface area contributed by atoms with Crippen LogP contribution >= 0.6 is 11.3 Å². The highest BCUT2D eigenvalue weighted by atomic mass is 32.1. The number of hydrogen-bond acceptors (Lipinski definition) is 6. The Morgan fingerprint density at radius 2 is 1.96 bits per heavy atom. The number of phenolic OH excluding ortho intramolecular Hbond substituents is 1. The van der Waals surface area contributed by atoms with Gasteiger partial charge in [-0.15, -0.1) is 11.3 Å². The lowest BCUT2D eigenvalue weighted by Crippen LogP contribution is -2.23. The molecule has 1 amide bonds. The molecule has 2 aromatic heterocycles. The molecule has 3 rings (SSSR count). The van der Waals surface area contributed by atoms with Crippen LogP contribution in [0.4, 0.5) is 0 Å². The number of thiophene rings is 1. The minimum Gasteiger partial charge on any atom is -0.507 e. The van der Waals surface area contributed by atoms with E-state index in [1.165, 1.54) is 17.6 Å². The molecular weight excluding hydrogens is 364 g/mol. The lowest BCUT2D eigenvalue weighted by Gasteiger charge is -2.04. The highest BCUT2D eigenvalue weighted by molar-refractivity contribution is 7.18. The molecule has 3 N–H and O–H groups in total. The first-order valence-electron chi connectivity index (χ1n) is 8.37. The van der Waals surface area contributed by atoms with Crippen molar-refractivity contribution in [3.05, 3.63) is 55.4 Å². The smallest absolute Gasteiger partial charge is 0.259 e. The van der Waals surface area contributed by atoms with E-state index in [1.54, 1.807) is 26.0 Å². The number of aromatic hydroxyl groups is 1. The normalized spacial score (nSPS) is 11.4. The molecule has 0 atom stereocenters. The Labute approximate surface area is 159 Å². The number of carbonyl (C=O) groups is 1. The van der Waals surface area contributed by atoms with Gasteiger partial charge in [-0.3, -0.25) is 9.59 Å². The first-order chi connectivity index (χ1) is 12.8. The number of fused-ring (bicyclic) bond motifs is 1. The van der Waals surface area contributed by atoms with Crippen LogP contribution in [0.5, 0.6) is 5.75 Å². The van der Waals surface area contributed by atoms with Gasteiger partial charge in [0.2, 0.25) is 5.91 Å². The van der Waals surface area contributed by atoms with Gasteiger partial charge < -0.3 is 10.1 Å². The van der Waals surface area contributed by atoms with Crippen molar-refractivity contribution < 1.29 is 9.90 Å². The van der Waals surface area contributed by atoms with E-state index in [2.05, 4.69) is 20.5 Å². The van der Waals surface area contributed by atoms with Crippen LogP contribution in [0.3, 0.4) is 0 Å². The van der Waals surface area contributed by atoms with Crippen LogP contribution in [-0.2, 0) is 11.2 Å². The zero-order valence-corrected chi connectivity index (χ0v) is 16.3. The number of nitrogens with one attached hydrogen (secondary N) is 2. The fourth-order valence-electron chi connectivity index (χ4n) is 2.82. The SMILES string of the molecule is Cc1cc(/C=N/NC(=O)Cc2nc3sc(C)c(C)c3c(=O)[nH]2)cc(C)c1O. The number of carbonyl (C=O) groups excluding carboxylic acids is 1. The number of hydrogen-bond donors (Lipinski definition) is 3. The number of rotatable bonds is 4. The number of phenols is 1. The van der Waals surface area contributed by atoms with Crippen molar-refractivity contribution in [2.24, 2.45) is 5.10 Å². The van der Waals surface area contributed by atoms with E-state index < -0.39 is 0 Å². The number of nitrogens with zero attached hydrogens (tertiary/aromatic N) is 2. The van der Waals surface area contributed by atoms with Gasteiger partial charge in [-0.2, -0.15) is 5.10 Å². The van der Waals surface area contributed by atoms with E-state index in [4.69, 9.17) is 0 Å². The first-order valence-corrected chi connectivity index (χ1v) is 9.19. The van der Waals surface area contributed by atoms with Gasteiger partial charge in [0.25, 0.3) is 5.56 Å². The monoisotopic (exact) mass is 384 g/mol. The van der Waals surface area contributed by atoms with E-state index in [1.807, 2.05) is 13.8 Å². The van der Waals surface area contributed by atoms with Gasteiger partial charge in [0, 0.05) is 4.88 Å². The minimum atomic E-state index is -0.383. The van der Waals surface area contributed by atoms with Crippen LogP contribution < -0.4 is 11.0 Å². The Hall–Kier alpha value is -3.00. The molecule has 140 valence electrons. The number of aromatic amines is 1. The zero-order chi connectivity index (χ0) is 19.7. The Kier molecular flexibility index (Phi) is 5.09. The number of hydrazone groups is 1. The summed E-state index contributed by atoms with van der Waals surface area (Å²) in [5.41, 5.74) is 5.35. The topological polar surface area (TPSA) is 107 Å². The van der Waals surface area contributed by atoms with Gasteiger partial charge in [-0.25, -0.2) is 10.4 Å². The molecule has 8 heteroatoms. The maximum atomic E-state index is 12.2. The lowest BCUT2D eigenvalue weighted by atomic mass is 10.1. The van der Waals surface area contributed by atoms with Crippen molar-refractivity contribution in [3.8, 4) is 5.75 Å². The fraction of sp³-hybridized carbons (Fsp3) is 0.263. The third-order valence-corrected chi connectivity index (χ3v) is 5.43. The molecule has 0 aliphatic carbocycles. The Morgan fingerprint density at radius 3 is 2.63 bits per heavy atom. The van der Waals surface area contributed by atoms with E-state index >= 15 is 0 Å². The summed E-state index contributed by atoms with van der Waals surface area (Å²) in [4.78, 5) is 33.0. The number of H-pyrrole nitrogens is 1. The summed E-state index contributed by atoms with van der Waals surface area (Å²) >= 11 is 1.44. The largest absolute Gasteiger partial charge is 0.507 e. The molecule has 27 heavy (non-hydrogen) atoms. The summed E-state index contributed by atoms with van der Waals surface area (Å²) < 4.78 is 0. The van der Waals surface area contributed by atoms with Crippen LogP contribution in [0.2, 0.25) is 0 Å². The van der Waals surface area contributed by atoms with Crippen LogP contribution in [-0.4, -0.2) is 27.2 Å². The molecule has 0 radical (unpaired) electrons. The fourth-order valence-corrected chi connectivity index (χ4v) is 3.87. The molecule has 7 nitrogen and oxygen atoms in total. The van der Waals surface area contributed by atoms with Gasteiger partial charge in [0.1, 0.15) is 16.4 Å². The predicted molar refractivity (Wildman–Crippen MR) is 107 cm³/mol. The van der Waals surface area contributed by atoms with Gasteiger partial charge in [0.15, 0.2) is 0 Å². The molecule has 0 fully saturated rings. The Morgan fingerprint density at radius 1 is 1.30 bits per heavy atom. The summed E-state index contributed by atoms with van der Waals surface area (Å²) in [7, 11) is 0. The molecule has 0 aliphatic heterocycles. The molecule has 0 saturated carbocycles. The van der Waals surface area contributed by atoms with E-state index in [9.17, 15) is 14.7 Å². The maximum Gasteiger partial charge on any atom is 0.259 e. The van der Waals surface area contributed by atoms with Crippen LogP contribution in [0.15, 0.2) is 22.0 Å². The van der Waals surface area contributed by atoms with Crippen molar-refractivity contribution >= 4 is 33.7 Å². The number of benzene rings is 1. The number of aromatic nitrogens is 2. The molecule has 1 aromatic carbocycles. The van der Waals surface area contributed by atoms with Gasteiger partial charge in [-0.05, 0) is 62.1 Å². The van der Waals surface area contributed by atoms with Crippen LogP contribution in [0.25, 0.3) is 10.2 Å². The predicted octanol–water partition coefficient (Wildman–Crippen LogP) is 2.62. The van der Waals surface area contributed by atoms with Crippen LogP contribution in [0.1, 0.15) is 33.0 Å². The molecule has 3 aromatic rings. The third kappa shape index (κ3) is 3.90. The van der Waals surface area contributed by atoms with E-state index in [0.29, 0.717) is 16.0 Å². The van der Waals surface area contributed by atoms with Gasteiger partial charge in [-0.1, -0.05) is 0 Å². The van der Waals surface area contributed by atoms with Gasteiger partial charge >= 0.3 is 0 Å². The maximum absolute atomic E-state index is 12.2. The summed E-state index contributed by atoms with van der Waals surface area (Å²) in [6.07, 6.45) is 1.43. The quantitative estimate of drug-likeness (QED) is 0.475. The average Bonchev–Trinajstić information content (AvgIpc) is 2.87. The lowest BCUT2D eigenvalue weighted by molar-refractivity contribution is -0.120. The Balaban J connectivity index is 1.71. The summed E-state index contributed by atoms with van der Waals surface area (Å²) in [5.74, 6) is 0.171. The van der Waals surface area contributed by atoms with Crippen LogP contribution in [0, 0.1) is 27.7 Å². The third-order valence-electron chi connectivity index (χ3n) is 4.33. The van der Waals surface area contributed by atoms with Crippen molar-refractivity contribution in [1.82, 2.24) is 15.4 Å². The molecule has 0 bridgehead atoms. The summed E-state index contributed by atoms with van der Waals surface area (Å²) in [6.45, 7) is 7.42. The standard InChI is InChI=1S/C19H20N4O3S/c1-9-5-13(6-10(2)17(9)25)8-20-23-15(24)7-14-21-18(26)16-11(3)12(4)27-19(16)22-14/h5-6,8,25H,7H2,1-4H3,(H,23,24)(H,21,22,26)/b20-8+. The van der Waals surface area contributed by atoms with Crippen molar-refractivity contribution in [2.45, 2.75) is 34.1 Å². The zero-order valence-electron chi connectivity index (χ0n) is 15.5. The highest BCUT2D eigenvalue weighted by Gasteiger charge is 2.13. The highest BCUT2D eigenvalue weighted by Crippen LogP contribution is 2.25. The van der Waals surface area contributed by atoms with Crippen molar-refractivity contribution in [3.63, 3.8) is 0 Å². The summed E-state index contributed by atoms with van der Waals surface area (Å²) in [6, 6.07) is 3.54. The second-order valence-corrected chi connectivity index (χ2v) is 7.65. The van der Waals surface area contributed by atoms with E-state index in [-0.39, 0.29) is 23.6 Å². The molecule has 2 heterocycles. The molecule has 0 saturated heterocycles. The number of amides is 1. The van der Waals surface area contributed by atoms with E-state index in [0.717, 1.165) is 27.1 Å².